The van der Waals surface area contributed by atoms with Gasteiger partial charge < -0.3 is 14.9 Å². The van der Waals surface area contributed by atoms with E-state index in [9.17, 15) is 10.2 Å². The predicted molar refractivity (Wildman–Crippen MR) is 116 cm³/mol. The monoisotopic (exact) mass is 414 g/mol. The Morgan fingerprint density at radius 2 is 2.13 bits per heavy atom. The normalized spacial score (nSPS) is 38.9. The first kappa shape index (κ1) is 17.2. The maximum atomic E-state index is 12.7. The van der Waals surface area contributed by atoms with Crippen molar-refractivity contribution in [2.45, 2.75) is 61.7 Å². The molecule has 3 fully saturated rings. The summed E-state index contributed by atoms with van der Waals surface area (Å²) in [7, 11) is 0. The van der Waals surface area contributed by atoms with Gasteiger partial charge in [-0.1, -0.05) is 18.2 Å². The smallest absolute Gasteiger partial charge is 0.166 e. The number of aromatic hydroxyl groups is 1. The Bertz CT molecular complexity index is 1190. The van der Waals surface area contributed by atoms with E-state index in [1.807, 2.05) is 0 Å². The summed E-state index contributed by atoms with van der Waals surface area (Å²) < 4.78 is 6.58. The Labute approximate surface area is 181 Å². The van der Waals surface area contributed by atoms with E-state index >= 15 is 0 Å². The van der Waals surface area contributed by atoms with E-state index in [1.54, 1.807) is 6.07 Å². The van der Waals surface area contributed by atoms with Crippen LogP contribution < -0.4 is 4.74 Å². The molecule has 4 atom stereocenters. The van der Waals surface area contributed by atoms with E-state index < -0.39 is 11.0 Å². The third kappa shape index (κ3) is 1.87. The maximum absolute atomic E-state index is 12.7. The van der Waals surface area contributed by atoms with Crippen LogP contribution in [0.1, 0.15) is 43.2 Å². The number of phenolic OH excluding ortho intramolecular Hbond substituents is 1. The van der Waals surface area contributed by atoms with Gasteiger partial charge in [-0.05, 0) is 73.4 Å². The second-order valence-corrected chi connectivity index (χ2v) is 10.6. The van der Waals surface area contributed by atoms with Crippen molar-refractivity contribution in [3.05, 3.63) is 58.3 Å². The van der Waals surface area contributed by atoms with Gasteiger partial charge in [0, 0.05) is 24.6 Å². The van der Waals surface area contributed by atoms with Gasteiger partial charge >= 0.3 is 0 Å². The van der Waals surface area contributed by atoms with Gasteiger partial charge in [0.2, 0.25) is 0 Å². The van der Waals surface area contributed by atoms with Crippen LogP contribution in [0.5, 0.6) is 11.5 Å². The Morgan fingerprint density at radius 1 is 1.23 bits per heavy atom. The van der Waals surface area contributed by atoms with E-state index in [1.165, 1.54) is 29.6 Å². The molecule has 3 heterocycles. The fourth-order valence-corrected chi connectivity index (χ4v) is 7.62. The highest BCUT2D eigenvalue weighted by Gasteiger charge is 2.74. The van der Waals surface area contributed by atoms with Gasteiger partial charge in [-0.3, -0.25) is 4.90 Å². The number of fused-ring (bicyclic) bond motifs is 3. The zero-order valence-electron chi connectivity index (χ0n) is 17.5. The molecule has 8 rings (SSSR count). The lowest BCUT2D eigenvalue weighted by atomic mass is 9.48. The maximum Gasteiger partial charge on any atom is 0.166 e. The molecule has 2 N–H and O–H groups in total. The summed E-state index contributed by atoms with van der Waals surface area (Å²) in [5.74, 6) is 1.57. The fraction of sp³-hybridized carbons (Fsp3) is 0.500. The molecule has 1 aromatic rings. The number of ether oxygens (including phenoxy) is 1. The molecule has 5 nitrogen and oxygen atoms in total. The summed E-state index contributed by atoms with van der Waals surface area (Å²) in [5.41, 5.74) is 5.33. The highest BCUT2D eigenvalue weighted by molar-refractivity contribution is 6.11. The minimum absolute atomic E-state index is 0.0813. The number of aliphatic imine (C=N–C) groups is 1. The van der Waals surface area contributed by atoms with E-state index in [0.29, 0.717) is 12.2 Å². The molecule has 1 aromatic carbocycles. The zero-order chi connectivity index (χ0) is 20.5. The van der Waals surface area contributed by atoms with E-state index in [4.69, 9.17) is 9.73 Å². The van der Waals surface area contributed by atoms with Crippen LogP contribution in [0.15, 0.2) is 52.2 Å². The van der Waals surface area contributed by atoms with Crippen molar-refractivity contribution in [2.75, 3.05) is 13.1 Å². The third-order valence-electron chi connectivity index (χ3n) is 9.14. The molecule has 31 heavy (non-hydrogen) atoms. The summed E-state index contributed by atoms with van der Waals surface area (Å²) >= 11 is 0. The molecule has 158 valence electrons. The van der Waals surface area contributed by atoms with Gasteiger partial charge in [-0.15, -0.1) is 0 Å². The second-order valence-electron chi connectivity index (χ2n) is 10.6. The number of benzene rings is 1. The van der Waals surface area contributed by atoms with Crippen LogP contribution in [0.4, 0.5) is 0 Å². The number of nitrogens with zero attached hydrogens (tertiary/aromatic N) is 2. The largest absolute Gasteiger partial charge is 0.504 e. The summed E-state index contributed by atoms with van der Waals surface area (Å²) in [5, 5.41) is 23.4. The topological polar surface area (TPSA) is 65.3 Å². The van der Waals surface area contributed by atoms with E-state index in [2.05, 4.69) is 29.2 Å². The lowest BCUT2D eigenvalue weighted by Crippen LogP contribution is -2.77. The highest BCUT2D eigenvalue weighted by atomic mass is 16.5. The van der Waals surface area contributed by atoms with E-state index in [0.717, 1.165) is 55.2 Å². The molecule has 2 saturated carbocycles. The standard InChI is InChI=1S/C26H26N2O3/c29-19-8-7-15-11-20-26(30)12-17-16-3-1-2-4-18(16)27-22(17)24-25(26,21(15)23(19)31-24)9-10-28(20)13-14-5-6-14/h1-2,4,7-8,14,20,24,29-30H,3,5-6,9-13H2/t20-,24-,25-,26+/m0/s1. The predicted octanol–water partition coefficient (Wildman–Crippen LogP) is 3.16. The molecule has 4 aliphatic carbocycles. The number of hydrogen-bond acceptors (Lipinski definition) is 5. The van der Waals surface area contributed by atoms with Crippen molar-refractivity contribution in [3.63, 3.8) is 0 Å². The van der Waals surface area contributed by atoms with Crippen LogP contribution in [-0.4, -0.2) is 51.7 Å². The Kier molecular flexibility index (Phi) is 2.96. The average molecular weight is 415 g/mol. The summed E-state index contributed by atoms with van der Waals surface area (Å²) in [6.07, 6.45) is 11.8. The van der Waals surface area contributed by atoms with Crippen LogP contribution in [0, 0.1) is 5.92 Å². The van der Waals surface area contributed by atoms with Gasteiger partial charge in [0.05, 0.1) is 22.4 Å². The van der Waals surface area contributed by atoms with Crippen molar-refractivity contribution in [1.82, 2.24) is 4.90 Å². The van der Waals surface area contributed by atoms with Gasteiger partial charge in [-0.25, -0.2) is 4.99 Å². The minimum atomic E-state index is -0.908. The SMILES string of the molecule is Oc1ccc2c3c1O[C@H]1C4=NC5=CC=CCC5=C4C[C@@]4(O)[C@H](C2)N(CC2CC2)CC[C@]314. The first-order valence-corrected chi connectivity index (χ1v) is 11.8. The fourth-order valence-electron chi connectivity index (χ4n) is 7.62. The van der Waals surface area contributed by atoms with E-state index in [-0.39, 0.29) is 17.9 Å². The molecule has 0 amide bonds. The lowest BCUT2D eigenvalue weighted by molar-refractivity contribution is -0.160. The number of rotatable bonds is 2. The zero-order valence-corrected chi connectivity index (χ0v) is 17.5. The Balaban J connectivity index is 1.39. The quantitative estimate of drug-likeness (QED) is 0.780. The highest BCUT2D eigenvalue weighted by Crippen LogP contribution is 2.66. The van der Waals surface area contributed by atoms with Crippen molar-refractivity contribution in [1.29, 1.82) is 0 Å². The number of allylic oxidation sites excluding steroid dienone is 4. The molecular weight excluding hydrogens is 388 g/mol. The van der Waals surface area contributed by atoms with Gasteiger partial charge in [0.1, 0.15) is 0 Å². The molecule has 0 radical (unpaired) electrons. The minimum Gasteiger partial charge on any atom is -0.504 e. The lowest BCUT2D eigenvalue weighted by Gasteiger charge is -2.63. The van der Waals surface area contributed by atoms with Gasteiger partial charge in [-0.2, -0.15) is 0 Å². The van der Waals surface area contributed by atoms with Crippen LogP contribution >= 0.6 is 0 Å². The first-order valence-electron chi connectivity index (χ1n) is 11.8. The molecule has 1 spiro atoms. The second kappa shape index (κ2) is 5.33. The number of hydrogen-bond donors (Lipinski definition) is 2. The average Bonchev–Trinajstić information content (AvgIpc) is 3.40. The van der Waals surface area contributed by atoms with Crippen LogP contribution in [-0.2, 0) is 11.8 Å². The van der Waals surface area contributed by atoms with Crippen molar-refractivity contribution in [3.8, 4) is 11.5 Å². The Morgan fingerprint density at radius 3 is 3.00 bits per heavy atom. The third-order valence-corrected chi connectivity index (χ3v) is 9.14. The van der Waals surface area contributed by atoms with Crippen LogP contribution in [0.2, 0.25) is 0 Å². The first-order chi connectivity index (χ1) is 15.1. The summed E-state index contributed by atoms with van der Waals surface area (Å²) in [6.45, 7) is 2.07. The van der Waals surface area contributed by atoms with Crippen LogP contribution in [0.25, 0.3) is 0 Å². The molecule has 3 aliphatic heterocycles. The van der Waals surface area contributed by atoms with Crippen molar-refractivity contribution in [2.24, 2.45) is 10.9 Å². The molecule has 0 unspecified atom stereocenters. The van der Waals surface area contributed by atoms with Crippen molar-refractivity contribution >= 4 is 5.71 Å². The number of piperidine rings is 1. The summed E-state index contributed by atoms with van der Waals surface area (Å²) in [4.78, 5) is 7.62. The molecule has 5 heteroatoms. The van der Waals surface area contributed by atoms with Crippen molar-refractivity contribution < 1.29 is 14.9 Å². The Hall–Kier alpha value is -2.37. The molecular formula is C26H26N2O3. The molecule has 2 bridgehead atoms. The summed E-state index contributed by atoms with van der Waals surface area (Å²) in [6, 6.07) is 3.92. The van der Waals surface area contributed by atoms with Gasteiger partial charge in [0.15, 0.2) is 17.6 Å². The number of aliphatic hydroxyl groups is 1. The molecule has 0 aromatic heterocycles. The molecule has 7 aliphatic rings. The number of phenols is 1. The van der Waals surface area contributed by atoms with Crippen LogP contribution in [0.3, 0.4) is 0 Å². The van der Waals surface area contributed by atoms with Gasteiger partial charge in [0.25, 0.3) is 0 Å². The number of likely N-dealkylation sites (tertiary alicyclic amines) is 1. The molecule has 1 saturated heterocycles.